The van der Waals surface area contributed by atoms with Gasteiger partial charge in [0.1, 0.15) is 11.6 Å². The Bertz CT molecular complexity index is 730. The normalized spacial score (nSPS) is 26.2. The highest BCUT2D eigenvalue weighted by Crippen LogP contribution is 2.36. The lowest BCUT2D eigenvalue weighted by Crippen LogP contribution is -2.36. The maximum absolute atomic E-state index is 12.6. The lowest BCUT2D eigenvalue weighted by atomic mass is 9.97. The average Bonchev–Trinajstić information content (AvgIpc) is 3.30. The zero-order valence-electron chi connectivity index (χ0n) is 13.7. The molecular weight excluding hydrogens is 306 g/mol. The highest BCUT2D eigenvalue weighted by atomic mass is 16.5. The lowest BCUT2D eigenvalue weighted by molar-refractivity contribution is 0.0124. The molecule has 4 rings (SSSR count). The van der Waals surface area contributed by atoms with Crippen molar-refractivity contribution in [2.24, 2.45) is 0 Å². The molecule has 1 N–H and O–H groups in total. The van der Waals surface area contributed by atoms with Crippen molar-refractivity contribution in [3.8, 4) is 0 Å². The number of aryl methyl sites for hydroxylation is 1. The number of furan rings is 1. The van der Waals surface area contributed by atoms with Crippen LogP contribution >= 0.6 is 0 Å². The van der Waals surface area contributed by atoms with E-state index in [1.165, 1.54) is 0 Å². The molecule has 0 saturated carbocycles. The van der Waals surface area contributed by atoms with Crippen molar-refractivity contribution in [3.63, 3.8) is 0 Å². The van der Waals surface area contributed by atoms with E-state index in [9.17, 15) is 4.79 Å². The van der Waals surface area contributed by atoms with Crippen LogP contribution in [-0.2, 0) is 4.74 Å². The maximum atomic E-state index is 12.6. The van der Waals surface area contributed by atoms with Gasteiger partial charge in [-0.25, -0.2) is 4.98 Å². The van der Waals surface area contributed by atoms with Crippen molar-refractivity contribution in [1.29, 1.82) is 0 Å². The van der Waals surface area contributed by atoms with Crippen LogP contribution < -0.4 is 5.32 Å². The Morgan fingerprint density at radius 2 is 2.33 bits per heavy atom. The van der Waals surface area contributed by atoms with E-state index in [-0.39, 0.29) is 17.6 Å². The molecule has 24 heavy (non-hydrogen) atoms. The van der Waals surface area contributed by atoms with Crippen LogP contribution in [0.25, 0.3) is 0 Å². The third-order valence-corrected chi connectivity index (χ3v) is 4.92. The maximum Gasteiger partial charge on any atom is 0.257 e. The monoisotopic (exact) mass is 327 g/mol. The van der Waals surface area contributed by atoms with E-state index >= 15 is 0 Å². The van der Waals surface area contributed by atoms with Crippen LogP contribution in [0.15, 0.2) is 41.1 Å². The van der Waals surface area contributed by atoms with Gasteiger partial charge in [-0.3, -0.25) is 4.79 Å². The van der Waals surface area contributed by atoms with Crippen molar-refractivity contribution in [1.82, 2.24) is 9.88 Å². The molecule has 1 amide bonds. The smallest absolute Gasteiger partial charge is 0.257 e. The molecule has 2 aliphatic heterocycles. The van der Waals surface area contributed by atoms with Crippen molar-refractivity contribution >= 4 is 11.7 Å². The molecule has 2 saturated heterocycles. The first kappa shape index (κ1) is 15.2. The topological polar surface area (TPSA) is 67.6 Å². The zero-order chi connectivity index (χ0) is 16.6. The molecule has 126 valence electrons. The number of pyridine rings is 1. The molecule has 0 aliphatic carbocycles. The van der Waals surface area contributed by atoms with Crippen molar-refractivity contribution in [2.45, 2.75) is 31.4 Å². The van der Waals surface area contributed by atoms with E-state index in [0.29, 0.717) is 24.5 Å². The number of hydrogen-bond donors (Lipinski definition) is 1. The number of anilines is 1. The van der Waals surface area contributed by atoms with Crippen LogP contribution in [0.5, 0.6) is 0 Å². The fourth-order valence-electron chi connectivity index (χ4n) is 3.67. The summed E-state index contributed by atoms with van der Waals surface area (Å²) in [5.74, 6) is 1.56. The van der Waals surface area contributed by atoms with Gasteiger partial charge < -0.3 is 19.4 Å². The number of likely N-dealkylation sites (tertiary alicyclic amines) is 1. The van der Waals surface area contributed by atoms with Gasteiger partial charge in [-0.1, -0.05) is 6.07 Å². The summed E-state index contributed by atoms with van der Waals surface area (Å²) in [7, 11) is 0. The van der Waals surface area contributed by atoms with Crippen LogP contribution in [0.2, 0.25) is 0 Å². The predicted octanol–water partition coefficient (Wildman–Crippen LogP) is 2.47. The number of hydrogen-bond acceptors (Lipinski definition) is 5. The first-order valence-electron chi connectivity index (χ1n) is 8.30. The van der Waals surface area contributed by atoms with E-state index in [1.807, 2.05) is 30.0 Å². The van der Waals surface area contributed by atoms with Gasteiger partial charge in [0.25, 0.3) is 5.91 Å². The lowest BCUT2D eigenvalue weighted by Gasteiger charge is -2.23. The third kappa shape index (κ3) is 2.78. The SMILES string of the molecule is Cc1occc1C(=O)N1CC[C@@]2(C[C@@H](Nc3ccccn3)CO2)C1. The fraction of sp³-hybridized carbons (Fsp3) is 0.444. The Balaban J connectivity index is 1.40. The average molecular weight is 327 g/mol. The standard InChI is InChI=1S/C18H21N3O3/c1-13-15(5-9-23-13)17(22)21-8-6-18(12-21)10-14(11-24-18)20-16-4-2-3-7-19-16/h2-5,7,9,14H,6,8,10-12H2,1H3,(H,19,20)/t14-,18-/m1/s1. The molecule has 1 spiro atoms. The summed E-state index contributed by atoms with van der Waals surface area (Å²) in [6.07, 6.45) is 5.10. The van der Waals surface area contributed by atoms with Gasteiger partial charge in [0, 0.05) is 19.2 Å². The summed E-state index contributed by atoms with van der Waals surface area (Å²) >= 11 is 0. The molecule has 4 heterocycles. The molecule has 2 atom stereocenters. The highest BCUT2D eigenvalue weighted by molar-refractivity contribution is 5.95. The van der Waals surface area contributed by atoms with Crippen molar-refractivity contribution in [2.75, 3.05) is 25.0 Å². The van der Waals surface area contributed by atoms with Crippen molar-refractivity contribution in [3.05, 3.63) is 48.0 Å². The summed E-state index contributed by atoms with van der Waals surface area (Å²) in [6, 6.07) is 7.78. The van der Waals surface area contributed by atoms with Gasteiger partial charge in [0.2, 0.25) is 0 Å². The largest absolute Gasteiger partial charge is 0.469 e. The quantitative estimate of drug-likeness (QED) is 0.938. The molecule has 6 heteroatoms. The minimum absolute atomic E-state index is 0.0304. The van der Waals surface area contributed by atoms with E-state index in [2.05, 4.69) is 10.3 Å². The van der Waals surface area contributed by atoms with E-state index in [4.69, 9.17) is 9.15 Å². The number of amides is 1. The second kappa shape index (κ2) is 5.94. The van der Waals surface area contributed by atoms with Crippen LogP contribution in [0.4, 0.5) is 5.82 Å². The van der Waals surface area contributed by atoms with Gasteiger partial charge in [-0.15, -0.1) is 0 Å². The molecule has 6 nitrogen and oxygen atoms in total. The number of ether oxygens (including phenoxy) is 1. The first-order chi connectivity index (χ1) is 11.7. The minimum atomic E-state index is -0.236. The van der Waals surface area contributed by atoms with Crippen LogP contribution in [0.1, 0.15) is 29.0 Å². The summed E-state index contributed by atoms with van der Waals surface area (Å²) in [6.45, 7) is 3.82. The summed E-state index contributed by atoms with van der Waals surface area (Å²) in [5.41, 5.74) is 0.410. The molecule has 2 aliphatic rings. The van der Waals surface area contributed by atoms with Crippen LogP contribution in [0.3, 0.4) is 0 Å². The Morgan fingerprint density at radius 3 is 3.08 bits per heavy atom. The van der Waals surface area contributed by atoms with Crippen LogP contribution in [-0.4, -0.2) is 47.1 Å². The number of carbonyl (C=O) groups is 1. The number of aromatic nitrogens is 1. The molecule has 2 aromatic heterocycles. The molecule has 2 fully saturated rings. The van der Waals surface area contributed by atoms with Crippen LogP contribution in [0, 0.1) is 6.92 Å². The Kier molecular flexibility index (Phi) is 3.76. The summed E-state index contributed by atoms with van der Waals surface area (Å²) in [4.78, 5) is 18.8. The number of carbonyl (C=O) groups excluding carboxylic acids is 1. The molecule has 0 bridgehead atoms. The van der Waals surface area contributed by atoms with Gasteiger partial charge in [-0.2, -0.15) is 0 Å². The highest BCUT2D eigenvalue weighted by Gasteiger charge is 2.47. The summed E-state index contributed by atoms with van der Waals surface area (Å²) < 4.78 is 11.4. The molecule has 0 radical (unpaired) electrons. The molecule has 0 unspecified atom stereocenters. The van der Waals surface area contributed by atoms with E-state index < -0.39 is 0 Å². The Hall–Kier alpha value is -2.34. The van der Waals surface area contributed by atoms with E-state index in [0.717, 1.165) is 25.2 Å². The predicted molar refractivity (Wildman–Crippen MR) is 88.9 cm³/mol. The van der Waals surface area contributed by atoms with Gasteiger partial charge in [-0.05, 0) is 31.5 Å². The zero-order valence-corrected chi connectivity index (χ0v) is 13.7. The summed E-state index contributed by atoms with van der Waals surface area (Å²) in [5, 5.41) is 3.42. The number of nitrogens with one attached hydrogen (secondary N) is 1. The second-order valence-corrected chi connectivity index (χ2v) is 6.62. The first-order valence-corrected chi connectivity index (χ1v) is 8.30. The van der Waals surface area contributed by atoms with Gasteiger partial charge in [0.15, 0.2) is 0 Å². The third-order valence-electron chi connectivity index (χ3n) is 4.92. The van der Waals surface area contributed by atoms with E-state index in [1.54, 1.807) is 18.5 Å². The molecule has 2 aromatic rings. The number of nitrogens with zero attached hydrogens (tertiary/aromatic N) is 2. The van der Waals surface area contributed by atoms with Gasteiger partial charge in [0.05, 0.1) is 36.6 Å². The second-order valence-electron chi connectivity index (χ2n) is 6.62. The minimum Gasteiger partial charge on any atom is -0.469 e. The Morgan fingerprint density at radius 1 is 1.42 bits per heavy atom. The molecular formula is C18H21N3O3. The fourth-order valence-corrected chi connectivity index (χ4v) is 3.67. The van der Waals surface area contributed by atoms with Gasteiger partial charge >= 0.3 is 0 Å². The van der Waals surface area contributed by atoms with Crippen molar-refractivity contribution < 1.29 is 13.9 Å². The number of rotatable bonds is 3. The molecule has 0 aromatic carbocycles. The Labute approximate surface area is 140 Å².